The van der Waals surface area contributed by atoms with Crippen molar-refractivity contribution in [2.24, 2.45) is 0 Å². The Labute approximate surface area is 185 Å². The zero-order valence-corrected chi connectivity index (χ0v) is 17.9. The average Bonchev–Trinajstić information content (AvgIpc) is 2.99. The Bertz CT molecular complexity index is 1220. The monoisotopic (exact) mass is 432 g/mol. The van der Waals surface area contributed by atoms with Gasteiger partial charge < -0.3 is 5.32 Å². The Hall–Kier alpha value is -3.80. The Morgan fingerprint density at radius 1 is 0.781 bits per heavy atom. The molecule has 0 unspecified atom stereocenters. The van der Waals surface area contributed by atoms with Crippen LogP contribution in [0.25, 0.3) is 5.57 Å². The first-order chi connectivity index (χ1) is 15.2. The molecule has 0 atom stereocenters. The van der Waals surface area contributed by atoms with E-state index in [-0.39, 0.29) is 22.4 Å². The number of carbonyl (C=O) groups excluding carboxylic acids is 2. The first-order valence-corrected chi connectivity index (χ1v) is 10.2. The lowest BCUT2D eigenvalue weighted by Crippen LogP contribution is -2.33. The van der Waals surface area contributed by atoms with Crippen LogP contribution in [-0.2, 0) is 15.0 Å². The van der Waals surface area contributed by atoms with Crippen LogP contribution in [0.5, 0.6) is 0 Å². The van der Waals surface area contributed by atoms with Crippen LogP contribution in [0, 0.1) is 11.6 Å². The number of nitrogens with one attached hydrogen (secondary N) is 1. The summed E-state index contributed by atoms with van der Waals surface area (Å²) in [6, 6.07) is 18.4. The molecule has 1 aliphatic rings. The Morgan fingerprint density at radius 3 is 2.00 bits per heavy atom. The van der Waals surface area contributed by atoms with Gasteiger partial charge in [0.15, 0.2) is 0 Å². The van der Waals surface area contributed by atoms with E-state index in [1.54, 1.807) is 6.07 Å². The number of anilines is 2. The van der Waals surface area contributed by atoms with Gasteiger partial charge in [0.25, 0.3) is 11.8 Å². The zero-order chi connectivity index (χ0) is 23.0. The third-order valence-corrected chi connectivity index (χ3v) is 5.33. The van der Waals surface area contributed by atoms with Crippen molar-refractivity contribution in [1.29, 1.82) is 0 Å². The molecule has 3 aromatic carbocycles. The van der Waals surface area contributed by atoms with Gasteiger partial charge >= 0.3 is 0 Å². The largest absolute Gasteiger partial charge is 0.350 e. The summed E-state index contributed by atoms with van der Waals surface area (Å²) in [5.41, 5.74) is 1.95. The molecular weight excluding hydrogens is 410 g/mol. The van der Waals surface area contributed by atoms with E-state index in [2.05, 4.69) is 26.1 Å². The molecule has 2 amide bonds. The predicted molar refractivity (Wildman–Crippen MR) is 121 cm³/mol. The second-order valence-electron chi connectivity index (χ2n) is 8.61. The minimum absolute atomic E-state index is 0.00775. The third kappa shape index (κ3) is 3.91. The van der Waals surface area contributed by atoms with E-state index in [0.717, 1.165) is 10.5 Å². The SMILES string of the molecule is CC(C)(C)c1ccc(NC2=C(c3ccc(F)cc3)C(=O)N(c3ccccc3F)C2=O)cc1. The topological polar surface area (TPSA) is 49.4 Å². The maximum Gasteiger partial charge on any atom is 0.282 e. The highest BCUT2D eigenvalue weighted by Crippen LogP contribution is 2.35. The summed E-state index contributed by atoms with van der Waals surface area (Å²) in [7, 11) is 0. The standard InChI is InChI=1S/C26H22F2N2O2/c1-26(2,3)17-10-14-19(15-11-17)29-23-22(16-8-12-18(27)13-9-16)24(31)30(25(23)32)21-7-5-4-6-20(21)28/h4-15,29H,1-3H3. The van der Waals surface area contributed by atoms with Crippen molar-refractivity contribution in [3.05, 3.63) is 101 Å². The summed E-state index contributed by atoms with van der Waals surface area (Å²) in [6.07, 6.45) is 0. The van der Waals surface area contributed by atoms with Crippen LogP contribution < -0.4 is 10.2 Å². The molecule has 1 N–H and O–H groups in total. The predicted octanol–water partition coefficient (Wildman–Crippen LogP) is 5.66. The number of hydrogen-bond acceptors (Lipinski definition) is 3. The van der Waals surface area contributed by atoms with Gasteiger partial charge in [-0.15, -0.1) is 0 Å². The minimum atomic E-state index is -0.691. The second kappa shape index (κ2) is 8.04. The average molecular weight is 432 g/mol. The number of rotatable bonds is 4. The first kappa shape index (κ1) is 21.4. The molecule has 1 aliphatic heterocycles. The molecule has 6 heteroatoms. The lowest BCUT2D eigenvalue weighted by Gasteiger charge is -2.19. The molecule has 162 valence electrons. The van der Waals surface area contributed by atoms with Crippen LogP contribution >= 0.6 is 0 Å². The summed E-state index contributed by atoms with van der Waals surface area (Å²) in [6.45, 7) is 6.28. The van der Waals surface area contributed by atoms with Gasteiger partial charge in [-0.25, -0.2) is 13.7 Å². The van der Waals surface area contributed by atoms with Crippen molar-refractivity contribution in [2.45, 2.75) is 26.2 Å². The summed E-state index contributed by atoms with van der Waals surface area (Å²) in [5, 5.41) is 3.03. The van der Waals surface area contributed by atoms with Gasteiger partial charge in [-0.05, 0) is 52.9 Å². The number of halogens is 2. The molecule has 1 heterocycles. The highest BCUT2D eigenvalue weighted by molar-refractivity contribution is 6.46. The van der Waals surface area contributed by atoms with Crippen molar-refractivity contribution in [3.63, 3.8) is 0 Å². The van der Waals surface area contributed by atoms with Crippen molar-refractivity contribution in [3.8, 4) is 0 Å². The van der Waals surface area contributed by atoms with Crippen LogP contribution in [0.15, 0.2) is 78.5 Å². The summed E-state index contributed by atoms with van der Waals surface area (Å²) < 4.78 is 27.9. The Balaban J connectivity index is 1.79. The van der Waals surface area contributed by atoms with Crippen LogP contribution in [0.2, 0.25) is 0 Å². The van der Waals surface area contributed by atoms with E-state index in [1.165, 1.54) is 42.5 Å². The van der Waals surface area contributed by atoms with E-state index < -0.39 is 23.4 Å². The van der Waals surface area contributed by atoms with E-state index in [0.29, 0.717) is 11.3 Å². The quantitative estimate of drug-likeness (QED) is 0.542. The van der Waals surface area contributed by atoms with Crippen molar-refractivity contribution in [1.82, 2.24) is 0 Å². The number of amides is 2. The zero-order valence-electron chi connectivity index (χ0n) is 17.9. The number of para-hydroxylation sites is 1. The van der Waals surface area contributed by atoms with Crippen molar-refractivity contribution < 1.29 is 18.4 Å². The molecule has 0 spiro atoms. The molecule has 32 heavy (non-hydrogen) atoms. The van der Waals surface area contributed by atoms with E-state index in [4.69, 9.17) is 0 Å². The highest BCUT2D eigenvalue weighted by Gasteiger charge is 2.41. The van der Waals surface area contributed by atoms with E-state index in [9.17, 15) is 18.4 Å². The number of carbonyl (C=O) groups is 2. The number of imide groups is 1. The molecular formula is C26H22F2N2O2. The normalized spacial score (nSPS) is 14.3. The fourth-order valence-electron chi connectivity index (χ4n) is 3.58. The lowest BCUT2D eigenvalue weighted by atomic mass is 9.87. The van der Waals surface area contributed by atoms with Crippen LogP contribution in [0.4, 0.5) is 20.2 Å². The van der Waals surface area contributed by atoms with Gasteiger partial charge in [0.2, 0.25) is 0 Å². The molecule has 0 saturated carbocycles. The summed E-state index contributed by atoms with van der Waals surface area (Å²) >= 11 is 0. The molecule has 0 saturated heterocycles. The molecule has 0 bridgehead atoms. The second-order valence-corrected chi connectivity index (χ2v) is 8.61. The van der Waals surface area contributed by atoms with Crippen LogP contribution in [0.3, 0.4) is 0 Å². The van der Waals surface area contributed by atoms with Gasteiger partial charge in [0, 0.05) is 5.69 Å². The molecule has 4 nitrogen and oxygen atoms in total. The maximum absolute atomic E-state index is 14.4. The Morgan fingerprint density at radius 2 is 1.41 bits per heavy atom. The Kier molecular flexibility index (Phi) is 5.38. The molecule has 0 aliphatic carbocycles. The molecule has 4 rings (SSSR count). The fraction of sp³-hybridized carbons (Fsp3) is 0.154. The van der Waals surface area contributed by atoms with Gasteiger partial charge in [-0.2, -0.15) is 0 Å². The molecule has 3 aromatic rings. The third-order valence-electron chi connectivity index (χ3n) is 5.33. The van der Waals surface area contributed by atoms with Gasteiger partial charge in [0.05, 0.1) is 11.3 Å². The van der Waals surface area contributed by atoms with Crippen LogP contribution in [-0.4, -0.2) is 11.8 Å². The van der Waals surface area contributed by atoms with Gasteiger partial charge in [-0.3, -0.25) is 9.59 Å². The van der Waals surface area contributed by atoms with Crippen molar-refractivity contribution >= 4 is 28.8 Å². The summed E-state index contributed by atoms with van der Waals surface area (Å²) in [5.74, 6) is -2.52. The van der Waals surface area contributed by atoms with Crippen molar-refractivity contribution in [2.75, 3.05) is 10.2 Å². The minimum Gasteiger partial charge on any atom is -0.350 e. The highest BCUT2D eigenvalue weighted by atomic mass is 19.1. The van der Waals surface area contributed by atoms with Gasteiger partial charge in [0.1, 0.15) is 17.3 Å². The fourth-order valence-corrected chi connectivity index (χ4v) is 3.58. The molecule has 0 fully saturated rings. The lowest BCUT2D eigenvalue weighted by molar-refractivity contribution is -0.120. The molecule has 0 aromatic heterocycles. The smallest absolute Gasteiger partial charge is 0.282 e. The van der Waals surface area contributed by atoms with Crippen LogP contribution in [0.1, 0.15) is 31.9 Å². The summed E-state index contributed by atoms with van der Waals surface area (Å²) in [4.78, 5) is 27.4. The van der Waals surface area contributed by atoms with E-state index in [1.807, 2.05) is 24.3 Å². The van der Waals surface area contributed by atoms with E-state index >= 15 is 0 Å². The number of nitrogens with zero attached hydrogens (tertiary/aromatic N) is 1. The number of benzene rings is 3. The first-order valence-electron chi connectivity index (χ1n) is 10.2. The number of hydrogen-bond donors (Lipinski definition) is 1. The maximum atomic E-state index is 14.4. The molecule has 0 radical (unpaired) electrons. The van der Waals surface area contributed by atoms with Gasteiger partial charge in [-0.1, -0.05) is 57.2 Å².